The van der Waals surface area contributed by atoms with Gasteiger partial charge < -0.3 is 14.6 Å². The highest BCUT2D eigenvalue weighted by Gasteiger charge is 2.47. The van der Waals surface area contributed by atoms with E-state index in [-0.39, 0.29) is 23.2 Å². The van der Waals surface area contributed by atoms with Crippen molar-refractivity contribution >= 4 is 34.8 Å². The van der Waals surface area contributed by atoms with Crippen LogP contribution in [0.2, 0.25) is 0 Å². The van der Waals surface area contributed by atoms with Gasteiger partial charge >= 0.3 is 5.97 Å². The number of rotatable bonds is 7. The molecule has 1 saturated heterocycles. The maximum atomic E-state index is 13.3. The van der Waals surface area contributed by atoms with E-state index in [0.717, 1.165) is 6.07 Å². The van der Waals surface area contributed by atoms with Crippen LogP contribution in [0, 0.1) is 10.1 Å². The fraction of sp³-hybridized carbons (Fsp3) is 0.148. The maximum Gasteiger partial charge on any atom is 0.309 e. The number of anilines is 1. The SMILES string of the molecule is COC(=O)Cc1ccc(N2C(=O)C(=O)/C(=C(\O)c3cccc([N+](=O)[O-])c3)C2c2cccc(OC)c2)cc1. The molecule has 1 heterocycles. The lowest BCUT2D eigenvalue weighted by Gasteiger charge is -2.26. The minimum Gasteiger partial charge on any atom is -0.507 e. The third-order valence-corrected chi connectivity index (χ3v) is 5.98. The minimum atomic E-state index is -1.05. The van der Waals surface area contributed by atoms with E-state index in [1.165, 1.54) is 37.3 Å². The van der Waals surface area contributed by atoms with Gasteiger partial charge in [-0.25, -0.2) is 0 Å². The first kappa shape index (κ1) is 25.1. The Hall–Kier alpha value is -4.99. The number of hydrogen-bond donors (Lipinski definition) is 1. The summed E-state index contributed by atoms with van der Waals surface area (Å²) in [5, 5.41) is 22.4. The van der Waals surface area contributed by atoms with Crippen LogP contribution < -0.4 is 9.64 Å². The summed E-state index contributed by atoms with van der Waals surface area (Å²) < 4.78 is 9.99. The zero-order chi connectivity index (χ0) is 26.7. The summed E-state index contributed by atoms with van der Waals surface area (Å²) in [5.74, 6) is -2.34. The van der Waals surface area contributed by atoms with Crippen molar-refractivity contribution < 1.29 is 33.9 Å². The molecule has 0 aliphatic carbocycles. The number of carbonyl (C=O) groups excluding carboxylic acids is 3. The molecule has 37 heavy (non-hydrogen) atoms. The van der Waals surface area contributed by atoms with E-state index in [9.17, 15) is 29.6 Å². The average molecular weight is 502 g/mol. The first-order valence-corrected chi connectivity index (χ1v) is 11.1. The molecule has 3 aromatic rings. The number of aliphatic hydroxyl groups is 1. The summed E-state index contributed by atoms with van der Waals surface area (Å²) in [4.78, 5) is 50.1. The van der Waals surface area contributed by atoms with Gasteiger partial charge in [-0.05, 0) is 35.4 Å². The van der Waals surface area contributed by atoms with Gasteiger partial charge in [0.05, 0.1) is 37.2 Å². The lowest BCUT2D eigenvalue weighted by molar-refractivity contribution is -0.384. The first-order chi connectivity index (χ1) is 17.7. The molecule has 1 aliphatic heterocycles. The molecule has 1 amide bonds. The van der Waals surface area contributed by atoms with Crippen molar-refractivity contribution in [2.75, 3.05) is 19.1 Å². The van der Waals surface area contributed by atoms with Gasteiger partial charge in [-0.2, -0.15) is 0 Å². The Labute approximate surface area is 211 Å². The summed E-state index contributed by atoms with van der Waals surface area (Å²) in [5.41, 5.74) is 0.982. The minimum absolute atomic E-state index is 0.0218. The number of nitrogens with zero attached hydrogens (tertiary/aromatic N) is 2. The van der Waals surface area contributed by atoms with Crippen molar-refractivity contribution in [3.63, 3.8) is 0 Å². The normalized spacial score (nSPS) is 16.5. The molecule has 0 spiro atoms. The lowest BCUT2D eigenvalue weighted by atomic mass is 9.94. The third-order valence-electron chi connectivity index (χ3n) is 5.98. The summed E-state index contributed by atoms with van der Waals surface area (Å²) in [6, 6.07) is 17.3. The van der Waals surface area contributed by atoms with Crippen molar-refractivity contribution in [3.05, 3.63) is 105 Å². The van der Waals surface area contributed by atoms with Gasteiger partial charge in [0, 0.05) is 23.4 Å². The van der Waals surface area contributed by atoms with Crippen LogP contribution in [0.3, 0.4) is 0 Å². The molecular formula is C27H22N2O8. The first-order valence-electron chi connectivity index (χ1n) is 11.1. The Kier molecular flexibility index (Phi) is 7.01. The zero-order valence-corrected chi connectivity index (χ0v) is 19.9. The molecule has 3 aromatic carbocycles. The number of nitro benzene ring substituents is 1. The molecule has 1 fully saturated rings. The second-order valence-electron chi connectivity index (χ2n) is 8.17. The van der Waals surface area contributed by atoms with E-state index in [4.69, 9.17) is 4.74 Å². The number of carbonyl (C=O) groups is 3. The second-order valence-corrected chi connectivity index (χ2v) is 8.17. The molecule has 188 valence electrons. The van der Waals surface area contributed by atoms with Crippen molar-refractivity contribution in [1.82, 2.24) is 0 Å². The molecule has 10 nitrogen and oxygen atoms in total. The van der Waals surface area contributed by atoms with Gasteiger partial charge in [-0.1, -0.05) is 36.4 Å². The van der Waals surface area contributed by atoms with E-state index in [2.05, 4.69) is 4.74 Å². The van der Waals surface area contributed by atoms with Gasteiger partial charge in [-0.15, -0.1) is 0 Å². The van der Waals surface area contributed by atoms with E-state index in [0.29, 0.717) is 22.6 Å². The Bertz CT molecular complexity index is 1430. The van der Waals surface area contributed by atoms with Crippen molar-refractivity contribution in [2.24, 2.45) is 0 Å². The number of aliphatic hydroxyl groups excluding tert-OH is 1. The number of amides is 1. The zero-order valence-electron chi connectivity index (χ0n) is 19.9. The fourth-order valence-electron chi connectivity index (χ4n) is 4.16. The van der Waals surface area contributed by atoms with Gasteiger partial charge in [0.2, 0.25) is 0 Å². The molecule has 1 aliphatic rings. The van der Waals surface area contributed by atoms with E-state index < -0.39 is 34.4 Å². The third kappa shape index (κ3) is 4.90. The summed E-state index contributed by atoms with van der Waals surface area (Å²) in [7, 11) is 2.75. The topological polar surface area (TPSA) is 136 Å². The second kappa shape index (κ2) is 10.3. The number of hydrogen-bond acceptors (Lipinski definition) is 8. The van der Waals surface area contributed by atoms with E-state index in [1.54, 1.807) is 48.5 Å². The monoisotopic (exact) mass is 502 g/mol. The van der Waals surface area contributed by atoms with Crippen molar-refractivity contribution in [2.45, 2.75) is 12.5 Å². The number of esters is 1. The van der Waals surface area contributed by atoms with Crippen LogP contribution >= 0.6 is 0 Å². The van der Waals surface area contributed by atoms with Gasteiger partial charge in [0.1, 0.15) is 11.5 Å². The largest absolute Gasteiger partial charge is 0.507 e. The van der Waals surface area contributed by atoms with Gasteiger partial charge in [0.15, 0.2) is 0 Å². The number of nitro groups is 1. The fourth-order valence-corrected chi connectivity index (χ4v) is 4.16. The van der Waals surface area contributed by atoms with Crippen LogP contribution in [0.4, 0.5) is 11.4 Å². The van der Waals surface area contributed by atoms with Crippen molar-refractivity contribution in [3.8, 4) is 5.75 Å². The van der Waals surface area contributed by atoms with Crippen LogP contribution in [0.15, 0.2) is 78.4 Å². The quantitative estimate of drug-likeness (QED) is 0.128. The molecule has 4 rings (SSSR count). The molecular weight excluding hydrogens is 480 g/mol. The molecule has 0 bridgehead atoms. The van der Waals surface area contributed by atoms with Gasteiger partial charge in [-0.3, -0.25) is 29.4 Å². The lowest BCUT2D eigenvalue weighted by Crippen LogP contribution is -2.29. The highest BCUT2D eigenvalue weighted by Crippen LogP contribution is 2.43. The number of benzene rings is 3. The Morgan fingerprint density at radius 2 is 1.73 bits per heavy atom. The van der Waals surface area contributed by atoms with E-state index >= 15 is 0 Å². The van der Waals surface area contributed by atoms with Gasteiger partial charge in [0.25, 0.3) is 17.4 Å². The predicted octanol–water partition coefficient (Wildman–Crippen LogP) is 3.95. The van der Waals surface area contributed by atoms with Crippen molar-refractivity contribution in [1.29, 1.82) is 0 Å². The Morgan fingerprint density at radius 3 is 2.38 bits per heavy atom. The average Bonchev–Trinajstić information content (AvgIpc) is 3.18. The molecule has 10 heteroatoms. The molecule has 1 atom stereocenters. The Balaban J connectivity index is 1.88. The molecule has 0 saturated carbocycles. The van der Waals surface area contributed by atoms with Crippen LogP contribution in [-0.4, -0.2) is 41.9 Å². The van der Waals surface area contributed by atoms with Crippen LogP contribution in [0.25, 0.3) is 5.76 Å². The molecule has 0 radical (unpaired) electrons. The van der Waals surface area contributed by atoms with Crippen LogP contribution in [-0.2, 0) is 25.5 Å². The van der Waals surface area contributed by atoms with Crippen LogP contribution in [0.5, 0.6) is 5.75 Å². The highest BCUT2D eigenvalue weighted by atomic mass is 16.6. The molecule has 1 unspecified atom stereocenters. The summed E-state index contributed by atoms with van der Waals surface area (Å²) in [6.07, 6.45) is 0.0295. The Morgan fingerprint density at radius 1 is 1.03 bits per heavy atom. The number of ketones is 1. The maximum absolute atomic E-state index is 13.3. The summed E-state index contributed by atoms with van der Waals surface area (Å²) >= 11 is 0. The highest BCUT2D eigenvalue weighted by molar-refractivity contribution is 6.51. The molecule has 0 aromatic heterocycles. The number of Topliss-reactive ketones (excluding diaryl/α,β-unsaturated/α-hetero) is 1. The number of methoxy groups -OCH3 is 2. The number of ether oxygens (including phenoxy) is 2. The summed E-state index contributed by atoms with van der Waals surface area (Å²) in [6.45, 7) is 0. The predicted molar refractivity (Wildman–Crippen MR) is 133 cm³/mol. The van der Waals surface area contributed by atoms with Crippen LogP contribution in [0.1, 0.15) is 22.7 Å². The smallest absolute Gasteiger partial charge is 0.309 e. The standard InChI is InChI=1S/C27H22N2O8/c1-36-21-8-4-5-17(15-21)24-23(25(31)18-6-3-7-20(14-18)29(34)35)26(32)27(33)28(24)19-11-9-16(10-12-19)13-22(30)37-2/h3-12,14-15,24,31H,13H2,1-2H3/b25-23-. The molecule has 1 N–H and O–H groups in total. The van der Waals surface area contributed by atoms with E-state index in [1.807, 2.05) is 0 Å². The number of non-ortho nitro benzene ring substituents is 1.